The third kappa shape index (κ3) is 9.86. The van der Waals surface area contributed by atoms with Crippen LogP contribution in [0, 0.1) is 19.8 Å². The van der Waals surface area contributed by atoms with Crippen molar-refractivity contribution in [2.45, 2.75) is 112 Å². The Morgan fingerprint density at radius 1 is 0.974 bits per heavy atom. The molecule has 0 spiro atoms. The van der Waals surface area contributed by atoms with Crippen molar-refractivity contribution in [3.63, 3.8) is 0 Å². The highest BCUT2D eigenvalue weighted by Crippen LogP contribution is 2.35. The summed E-state index contributed by atoms with van der Waals surface area (Å²) in [5.74, 6) is -1.50. The van der Waals surface area contributed by atoms with E-state index in [1.54, 1.807) is 32.6 Å². The largest absolute Gasteiger partial charge is 0.466 e. The number of benzene rings is 1. The zero-order valence-electron chi connectivity index (χ0n) is 25.7. The molecule has 0 radical (unpaired) electrons. The fourth-order valence-electron chi connectivity index (χ4n) is 4.30. The molecule has 39 heavy (non-hydrogen) atoms. The van der Waals surface area contributed by atoms with E-state index in [0.717, 1.165) is 11.1 Å². The SMILES string of the molecule is CCOC(=O)CCNC(=O)C(c1c(C)cccc1C)N(C(=O)C(NC(=O)OC(C)(C)C)C(C)C)C(C)(C)CC. The molecule has 0 fully saturated rings. The molecular formula is C30H49N3O6. The first-order valence-electron chi connectivity index (χ1n) is 13.8. The molecule has 0 aromatic heterocycles. The van der Waals surface area contributed by atoms with Crippen molar-refractivity contribution in [2.24, 2.45) is 5.92 Å². The lowest BCUT2D eigenvalue weighted by Gasteiger charge is -2.45. The van der Waals surface area contributed by atoms with E-state index in [4.69, 9.17) is 9.47 Å². The van der Waals surface area contributed by atoms with Crippen LogP contribution in [0.3, 0.4) is 0 Å². The van der Waals surface area contributed by atoms with E-state index in [1.807, 2.05) is 66.7 Å². The molecule has 3 amide bonds. The first-order valence-corrected chi connectivity index (χ1v) is 13.8. The summed E-state index contributed by atoms with van der Waals surface area (Å²) in [7, 11) is 0. The Balaban J connectivity index is 3.64. The first kappa shape index (κ1) is 33.9. The molecule has 1 aromatic rings. The molecule has 0 saturated heterocycles. The molecule has 2 unspecified atom stereocenters. The van der Waals surface area contributed by atoms with Gasteiger partial charge >= 0.3 is 12.1 Å². The molecule has 9 heteroatoms. The summed E-state index contributed by atoms with van der Waals surface area (Å²) in [6.45, 7) is 20.5. The normalized spacial score (nSPS) is 13.3. The number of esters is 1. The van der Waals surface area contributed by atoms with Gasteiger partial charge < -0.3 is 25.0 Å². The van der Waals surface area contributed by atoms with Crippen LogP contribution < -0.4 is 10.6 Å². The van der Waals surface area contributed by atoms with Crippen molar-refractivity contribution in [3.05, 3.63) is 34.9 Å². The topological polar surface area (TPSA) is 114 Å². The summed E-state index contributed by atoms with van der Waals surface area (Å²) >= 11 is 0. The molecule has 0 bridgehead atoms. The maximum atomic E-state index is 14.4. The van der Waals surface area contributed by atoms with Crippen LogP contribution in [-0.2, 0) is 23.9 Å². The molecule has 220 valence electrons. The average Bonchev–Trinajstić information content (AvgIpc) is 2.80. The average molecular weight is 548 g/mol. The minimum atomic E-state index is -1.00. The van der Waals surface area contributed by atoms with Crippen molar-refractivity contribution in [1.82, 2.24) is 15.5 Å². The highest BCUT2D eigenvalue weighted by atomic mass is 16.6. The second-order valence-electron chi connectivity index (χ2n) is 11.8. The number of nitrogens with one attached hydrogen (secondary N) is 2. The Morgan fingerprint density at radius 3 is 2.00 bits per heavy atom. The van der Waals surface area contributed by atoms with E-state index in [-0.39, 0.29) is 25.5 Å². The number of carbonyl (C=O) groups is 4. The van der Waals surface area contributed by atoms with Crippen LogP contribution in [-0.4, -0.2) is 59.1 Å². The first-order chi connectivity index (χ1) is 18.0. The standard InChI is InChI=1S/C30H49N3O6/c1-12-30(10,11)33(27(36)24(19(3)4)32-28(37)39-29(7,8)9)25(23-20(5)15-14-16-21(23)6)26(35)31-18-17-22(34)38-13-2/h14-16,19,24-25H,12-13,17-18H2,1-11H3,(H,31,35)(H,32,37). The Hall–Kier alpha value is -3.10. The van der Waals surface area contributed by atoms with Gasteiger partial charge in [0, 0.05) is 12.1 Å². The quantitative estimate of drug-likeness (QED) is 0.357. The molecule has 0 aliphatic rings. The Morgan fingerprint density at radius 2 is 1.54 bits per heavy atom. The van der Waals surface area contributed by atoms with Crippen LogP contribution in [0.4, 0.5) is 4.79 Å². The van der Waals surface area contributed by atoms with Crippen LogP contribution >= 0.6 is 0 Å². The zero-order chi connectivity index (χ0) is 30.1. The second kappa shape index (κ2) is 14.3. The van der Waals surface area contributed by atoms with Crippen LogP contribution in [0.2, 0.25) is 0 Å². The smallest absolute Gasteiger partial charge is 0.408 e. The number of rotatable bonds is 12. The van der Waals surface area contributed by atoms with Gasteiger partial charge in [0.25, 0.3) is 0 Å². The molecule has 9 nitrogen and oxygen atoms in total. The van der Waals surface area contributed by atoms with E-state index in [1.165, 1.54) is 0 Å². The monoisotopic (exact) mass is 547 g/mol. The van der Waals surface area contributed by atoms with Gasteiger partial charge in [0.2, 0.25) is 11.8 Å². The number of ether oxygens (including phenoxy) is 2. The molecule has 1 aromatic carbocycles. The van der Waals surface area contributed by atoms with E-state index >= 15 is 0 Å². The van der Waals surface area contributed by atoms with Crippen molar-refractivity contribution in [1.29, 1.82) is 0 Å². The van der Waals surface area contributed by atoms with Crippen LogP contribution in [0.15, 0.2) is 18.2 Å². The van der Waals surface area contributed by atoms with Gasteiger partial charge in [0.1, 0.15) is 17.7 Å². The predicted octanol–water partition coefficient (Wildman–Crippen LogP) is 4.98. The molecule has 2 N–H and O–H groups in total. The molecular weight excluding hydrogens is 498 g/mol. The summed E-state index contributed by atoms with van der Waals surface area (Å²) in [5, 5.41) is 5.60. The van der Waals surface area contributed by atoms with E-state index in [9.17, 15) is 19.2 Å². The Kier molecular flexibility index (Phi) is 12.5. The Bertz CT molecular complexity index is 992. The number of carbonyl (C=O) groups excluding carboxylic acids is 4. The fraction of sp³-hybridized carbons (Fsp3) is 0.667. The molecule has 0 saturated carbocycles. The van der Waals surface area contributed by atoms with Crippen molar-refractivity contribution < 1.29 is 28.7 Å². The summed E-state index contributed by atoms with van der Waals surface area (Å²) in [4.78, 5) is 54.5. The highest BCUT2D eigenvalue weighted by molar-refractivity contribution is 5.93. The van der Waals surface area contributed by atoms with Gasteiger partial charge in [-0.15, -0.1) is 0 Å². The predicted molar refractivity (Wildman–Crippen MR) is 152 cm³/mol. The number of nitrogens with zero attached hydrogens (tertiary/aromatic N) is 1. The van der Waals surface area contributed by atoms with Crippen LogP contribution in [0.25, 0.3) is 0 Å². The van der Waals surface area contributed by atoms with Crippen molar-refractivity contribution >= 4 is 23.9 Å². The highest BCUT2D eigenvalue weighted by Gasteiger charge is 2.44. The van der Waals surface area contributed by atoms with E-state index in [2.05, 4.69) is 10.6 Å². The third-order valence-corrected chi connectivity index (χ3v) is 6.62. The van der Waals surface area contributed by atoms with Gasteiger partial charge in [-0.05, 0) is 84.4 Å². The van der Waals surface area contributed by atoms with Gasteiger partial charge in [-0.25, -0.2) is 4.79 Å². The molecule has 0 aliphatic heterocycles. The lowest BCUT2D eigenvalue weighted by atomic mass is 9.87. The fourth-order valence-corrected chi connectivity index (χ4v) is 4.30. The second-order valence-corrected chi connectivity index (χ2v) is 11.8. The van der Waals surface area contributed by atoms with Gasteiger partial charge in [-0.3, -0.25) is 14.4 Å². The molecule has 2 atom stereocenters. The van der Waals surface area contributed by atoms with Crippen molar-refractivity contribution in [2.75, 3.05) is 13.2 Å². The number of hydrogen-bond acceptors (Lipinski definition) is 6. The number of amides is 3. The van der Waals surface area contributed by atoms with Gasteiger partial charge in [-0.1, -0.05) is 39.0 Å². The molecule has 1 rings (SSSR count). The van der Waals surface area contributed by atoms with Crippen molar-refractivity contribution in [3.8, 4) is 0 Å². The van der Waals surface area contributed by atoms with E-state index in [0.29, 0.717) is 12.0 Å². The molecule has 0 heterocycles. The van der Waals surface area contributed by atoms with Gasteiger partial charge in [-0.2, -0.15) is 0 Å². The summed E-state index contributed by atoms with van der Waals surface area (Å²) in [6.07, 6.45) is -0.140. The number of hydrogen-bond donors (Lipinski definition) is 2. The molecule has 0 aliphatic carbocycles. The lowest BCUT2D eigenvalue weighted by Crippen LogP contribution is -2.60. The summed E-state index contributed by atoms with van der Waals surface area (Å²) in [5.41, 5.74) is 0.910. The zero-order valence-corrected chi connectivity index (χ0v) is 25.7. The van der Waals surface area contributed by atoms with E-state index < -0.39 is 47.1 Å². The minimum absolute atomic E-state index is 0.0129. The third-order valence-electron chi connectivity index (χ3n) is 6.62. The van der Waals surface area contributed by atoms with Gasteiger partial charge in [0.05, 0.1) is 13.0 Å². The maximum Gasteiger partial charge on any atom is 0.408 e. The van der Waals surface area contributed by atoms with Gasteiger partial charge in [0.15, 0.2) is 0 Å². The minimum Gasteiger partial charge on any atom is -0.466 e. The lowest BCUT2D eigenvalue weighted by molar-refractivity contribution is -0.150. The number of alkyl carbamates (subject to hydrolysis) is 1. The summed E-state index contributed by atoms with van der Waals surface area (Å²) in [6, 6.07) is 3.77. The summed E-state index contributed by atoms with van der Waals surface area (Å²) < 4.78 is 10.4. The van der Waals surface area contributed by atoms with Crippen LogP contribution in [0.5, 0.6) is 0 Å². The number of aryl methyl sites for hydroxylation is 2. The Labute approximate surface area is 234 Å². The van der Waals surface area contributed by atoms with Crippen LogP contribution in [0.1, 0.15) is 97.9 Å². The maximum absolute atomic E-state index is 14.4.